The zero-order chi connectivity index (χ0) is 27.7. The molecule has 0 aliphatic heterocycles. The molecule has 0 aliphatic rings. The first kappa shape index (κ1) is 28.7. The third kappa shape index (κ3) is 7.36. The monoisotopic (exact) mass is 546 g/mol. The molecule has 3 aromatic rings. The number of aliphatic carboxylic acids is 1. The van der Waals surface area contributed by atoms with Gasteiger partial charge in [-0.2, -0.15) is 0 Å². The van der Waals surface area contributed by atoms with Gasteiger partial charge in [-0.15, -0.1) is 0 Å². The number of benzene rings is 2. The summed E-state index contributed by atoms with van der Waals surface area (Å²) < 4.78 is 44.7. The van der Waals surface area contributed by atoms with Crippen LogP contribution in [0.5, 0.6) is 5.06 Å². The Labute approximate surface area is 222 Å². The molecule has 0 saturated carbocycles. The summed E-state index contributed by atoms with van der Waals surface area (Å²) in [6.07, 6.45) is 3.39. The maximum absolute atomic E-state index is 14.5. The first-order valence-corrected chi connectivity index (χ1v) is 12.6. The van der Waals surface area contributed by atoms with Crippen molar-refractivity contribution in [2.45, 2.75) is 26.2 Å². The summed E-state index contributed by atoms with van der Waals surface area (Å²) in [5, 5.41) is 12.2. The molecule has 0 radical (unpaired) electrons. The van der Waals surface area contributed by atoms with Gasteiger partial charge in [0.2, 0.25) is 10.8 Å². The van der Waals surface area contributed by atoms with Crippen molar-refractivity contribution in [2.24, 2.45) is 0 Å². The van der Waals surface area contributed by atoms with Crippen molar-refractivity contribution in [1.29, 1.82) is 0 Å². The third-order valence-electron chi connectivity index (χ3n) is 5.35. The van der Waals surface area contributed by atoms with E-state index >= 15 is 0 Å². The Hall–Kier alpha value is -3.83. The average molecular weight is 547 g/mol. The number of nitrogens with one attached hydrogen (secondary N) is 1. The molecule has 8 nitrogen and oxygen atoms in total. The number of thiazole rings is 1. The van der Waals surface area contributed by atoms with E-state index in [4.69, 9.17) is 14.6 Å². The van der Waals surface area contributed by atoms with Crippen molar-refractivity contribution in [2.75, 3.05) is 32.8 Å². The van der Waals surface area contributed by atoms with Gasteiger partial charge in [-0.25, -0.2) is 18.6 Å². The van der Waals surface area contributed by atoms with E-state index in [-0.39, 0.29) is 10.7 Å². The zero-order valence-electron chi connectivity index (χ0n) is 21.2. The van der Waals surface area contributed by atoms with Crippen LogP contribution in [0, 0.1) is 11.6 Å². The summed E-state index contributed by atoms with van der Waals surface area (Å²) in [7, 11) is 2.55. The van der Waals surface area contributed by atoms with Crippen LogP contribution in [0.15, 0.2) is 42.2 Å². The normalized spacial score (nSPS) is 11.3. The molecule has 38 heavy (non-hydrogen) atoms. The number of hydrogen-bond donors (Lipinski definition) is 2. The van der Waals surface area contributed by atoms with Crippen molar-refractivity contribution in [3.63, 3.8) is 0 Å². The molecular formula is C27H28F2N2O6S. The number of halogens is 2. The molecule has 202 valence electrons. The second kappa shape index (κ2) is 13.6. The number of hydrogen-bond acceptors (Lipinski definition) is 7. The molecule has 11 heteroatoms. The first-order valence-electron chi connectivity index (χ1n) is 11.8. The van der Waals surface area contributed by atoms with Gasteiger partial charge in [0.25, 0.3) is 5.91 Å². The van der Waals surface area contributed by atoms with Crippen LogP contribution in [-0.4, -0.2) is 49.4 Å². The minimum Gasteiger partial charge on any atom is -0.490 e. The van der Waals surface area contributed by atoms with Crippen molar-refractivity contribution in [1.82, 2.24) is 4.98 Å². The Morgan fingerprint density at radius 2 is 1.87 bits per heavy atom. The van der Waals surface area contributed by atoms with E-state index in [0.717, 1.165) is 67.6 Å². The van der Waals surface area contributed by atoms with Gasteiger partial charge in [-0.1, -0.05) is 36.5 Å². The van der Waals surface area contributed by atoms with Crippen LogP contribution in [0.2, 0.25) is 0 Å². The predicted molar refractivity (Wildman–Crippen MR) is 140 cm³/mol. The van der Waals surface area contributed by atoms with E-state index < -0.39 is 34.8 Å². The first-order chi connectivity index (χ1) is 18.3. The fourth-order valence-corrected chi connectivity index (χ4v) is 4.34. The lowest BCUT2D eigenvalue weighted by atomic mass is 10.1. The quantitative estimate of drug-likeness (QED) is 0.159. The van der Waals surface area contributed by atoms with E-state index in [1.807, 2.05) is 24.3 Å². The van der Waals surface area contributed by atoms with Crippen LogP contribution in [-0.2, 0) is 20.7 Å². The van der Waals surface area contributed by atoms with Crippen LogP contribution in [0.1, 0.15) is 41.3 Å². The van der Waals surface area contributed by atoms with Gasteiger partial charge in [0.15, 0.2) is 5.13 Å². The van der Waals surface area contributed by atoms with Crippen molar-refractivity contribution in [3.05, 3.63) is 70.5 Å². The summed E-state index contributed by atoms with van der Waals surface area (Å²) in [5.41, 5.74) is 1.47. The van der Waals surface area contributed by atoms with Gasteiger partial charge < -0.3 is 19.3 Å². The Bertz CT molecular complexity index is 1300. The number of carbonyl (C=O) groups is 2. The lowest BCUT2D eigenvalue weighted by Crippen LogP contribution is -2.13. The second-order valence-corrected chi connectivity index (χ2v) is 9.06. The number of carbonyl (C=O) groups excluding carboxylic acids is 1. The molecule has 0 unspecified atom stereocenters. The highest BCUT2D eigenvalue weighted by Crippen LogP contribution is 2.38. The number of ether oxygens (including phenoxy) is 3. The molecule has 0 fully saturated rings. The van der Waals surface area contributed by atoms with E-state index in [1.165, 1.54) is 7.11 Å². The molecule has 0 saturated heterocycles. The van der Waals surface area contributed by atoms with Crippen molar-refractivity contribution >= 4 is 34.4 Å². The van der Waals surface area contributed by atoms with E-state index in [1.54, 1.807) is 0 Å². The maximum atomic E-state index is 14.5. The van der Waals surface area contributed by atoms with Crippen LogP contribution in [0.25, 0.3) is 17.3 Å². The highest BCUT2D eigenvalue weighted by Gasteiger charge is 2.20. The Morgan fingerprint density at radius 3 is 2.50 bits per heavy atom. The Balaban J connectivity index is 1.78. The van der Waals surface area contributed by atoms with E-state index in [2.05, 4.69) is 22.0 Å². The molecule has 0 bridgehead atoms. The number of aromatic nitrogens is 1. The van der Waals surface area contributed by atoms with Gasteiger partial charge in [0, 0.05) is 36.0 Å². The van der Waals surface area contributed by atoms with Crippen molar-refractivity contribution < 1.29 is 37.7 Å². The van der Waals surface area contributed by atoms with E-state index in [0.29, 0.717) is 23.4 Å². The smallest absolute Gasteiger partial charge is 0.371 e. The highest BCUT2D eigenvalue weighted by atomic mass is 32.1. The summed E-state index contributed by atoms with van der Waals surface area (Å²) in [6.45, 7) is 3.48. The van der Waals surface area contributed by atoms with Gasteiger partial charge >= 0.3 is 5.97 Å². The molecule has 3 rings (SSSR count). The number of rotatable bonds is 13. The summed E-state index contributed by atoms with van der Waals surface area (Å²) in [4.78, 5) is 28.3. The molecule has 0 aliphatic carbocycles. The summed E-state index contributed by atoms with van der Waals surface area (Å²) in [5.74, 6) is -5.20. The third-order valence-corrected chi connectivity index (χ3v) is 6.28. The standard InChI is InChI=1S/C27H28F2N2O6S/c1-4-10-37-11-6-8-16-7-5-9-17(12-16)23-26(36-3)38-27(30-23)31-24(32)18-13-20(28)19(21(29)14-18)15-22(35-2)25(33)34/h5,7,9,12-15H,4,6,8,10-11H2,1-3H3,(H,33,34)(H,30,31,32)/b22-15+. The molecule has 2 N–H and O–H groups in total. The van der Waals surface area contributed by atoms with Gasteiger partial charge in [-0.05, 0) is 43.0 Å². The fourth-order valence-electron chi connectivity index (χ4n) is 3.54. The summed E-state index contributed by atoms with van der Waals surface area (Å²) >= 11 is 1.07. The minimum absolute atomic E-state index is 0.178. The predicted octanol–water partition coefficient (Wildman–Crippen LogP) is 5.78. The molecule has 1 aromatic heterocycles. The van der Waals surface area contributed by atoms with Crippen LogP contribution in [0.4, 0.5) is 13.9 Å². The number of carboxylic acid groups (broad SMARTS) is 1. The fraction of sp³-hybridized carbons (Fsp3) is 0.296. The Morgan fingerprint density at radius 1 is 1.13 bits per heavy atom. The molecule has 2 aromatic carbocycles. The van der Waals surface area contributed by atoms with Gasteiger partial charge in [0.05, 0.1) is 14.2 Å². The highest BCUT2D eigenvalue weighted by molar-refractivity contribution is 7.18. The Kier molecular flexibility index (Phi) is 10.3. The van der Waals surface area contributed by atoms with E-state index in [9.17, 15) is 18.4 Å². The zero-order valence-corrected chi connectivity index (χ0v) is 22.0. The van der Waals surface area contributed by atoms with Crippen LogP contribution < -0.4 is 10.1 Å². The molecule has 0 atom stereocenters. The van der Waals surface area contributed by atoms with Crippen LogP contribution >= 0.6 is 11.3 Å². The van der Waals surface area contributed by atoms with Gasteiger partial charge in [0.1, 0.15) is 17.3 Å². The lowest BCUT2D eigenvalue weighted by Gasteiger charge is -2.07. The number of carboxylic acids is 1. The van der Waals surface area contributed by atoms with Crippen LogP contribution in [0.3, 0.4) is 0 Å². The van der Waals surface area contributed by atoms with Crippen molar-refractivity contribution in [3.8, 4) is 16.3 Å². The number of methoxy groups -OCH3 is 2. The average Bonchev–Trinajstić information content (AvgIpc) is 3.31. The molecular weight excluding hydrogens is 518 g/mol. The molecule has 1 amide bonds. The number of nitrogens with zero attached hydrogens (tertiary/aromatic N) is 1. The number of anilines is 1. The lowest BCUT2D eigenvalue weighted by molar-refractivity contribution is -0.135. The summed E-state index contributed by atoms with van der Waals surface area (Å²) in [6, 6.07) is 9.40. The van der Waals surface area contributed by atoms with Gasteiger partial charge in [-0.3, -0.25) is 10.1 Å². The maximum Gasteiger partial charge on any atom is 0.371 e. The largest absolute Gasteiger partial charge is 0.490 e. The number of aryl methyl sites for hydroxylation is 1. The SMILES string of the molecule is CCCOCCCc1cccc(-c2nc(NC(=O)c3cc(F)c(/C=C(/OC)C(=O)O)c(F)c3)sc2OC)c1. The number of amides is 1. The minimum atomic E-state index is -1.49. The molecule has 1 heterocycles. The topological polar surface area (TPSA) is 107 Å². The molecule has 0 spiro atoms. The second-order valence-electron chi connectivity index (χ2n) is 8.10.